The van der Waals surface area contributed by atoms with Crippen LogP contribution in [0.5, 0.6) is 0 Å². The molecule has 0 aliphatic rings. The lowest BCUT2D eigenvalue weighted by molar-refractivity contribution is -0.138. The Labute approximate surface area is 175 Å². The van der Waals surface area contributed by atoms with Crippen molar-refractivity contribution in [2.45, 2.75) is 17.6 Å². The SMILES string of the molecule is O=C(NCc1ccc(F)cc1C(F)(F)F)c1ccc(S(=O)(=O)Nc2ccncc2)cc1. The fraction of sp³-hybridized carbons (Fsp3) is 0.100. The Morgan fingerprint density at radius 2 is 1.61 bits per heavy atom. The highest BCUT2D eigenvalue weighted by Gasteiger charge is 2.33. The van der Waals surface area contributed by atoms with E-state index in [-0.39, 0.29) is 16.0 Å². The van der Waals surface area contributed by atoms with Gasteiger partial charge >= 0.3 is 6.18 Å². The molecule has 1 heterocycles. The molecule has 0 saturated heterocycles. The summed E-state index contributed by atoms with van der Waals surface area (Å²) >= 11 is 0. The van der Waals surface area contributed by atoms with Crippen LogP contribution in [0.3, 0.4) is 0 Å². The number of halogens is 4. The van der Waals surface area contributed by atoms with Crippen LogP contribution in [0.2, 0.25) is 0 Å². The second kappa shape index (κ2) is 8.72. The van der Waals surface area contributed by atoms with Gasteiger partial charge in [0, 0.05) is 24.5 Å². The molecule has 3 rings (SSSR count). The van der Waals surface area contributed by atoms with E-state index in [1.165, 1.54) is 48.8 Å². The molecule has 31 heavy (non-hydrogen) atoms. The van der Waals surface area contributed by atoms with Gasteiger partial charge in [0.05, 0.1) is 16.1 Å². The summed E-state index contributed by atoms with van der Waals surface area (Å²) in [6, 6.07) is 9.93. The van der Waals surface area contributed by atoms with E-state index in [1.807, 2.05) is 0 Å². The maximum absolute atomic E-state index is 13.2. The molecule has 0 atom stereocenters. The lowest BCUT2D eigenvalue weighted by atomic mass is 10.1. The van der Waals surface area contributed by atoms with Gasteiger partial charge in [0.2, 0.25) is 0 Å². The zero-order valence-electron chi connectivity index (χ0n) is 15.7. The van der Waals surface area contributed by atoms with Gasteiger partial charge in [0.15, 0.2) is 0 Å². The number of alkyl halides is 3. The Hall–Kier alpha value is -3.47. The summed E-state index contributed by atoms with van der Waals surface area (Å²) in [5.74, 6) is -1.76. The summed E-state index contributed by atoms with van der Waals surface area (Å²) in [6.45, 7) is -0.488. The van der Waals surface area contributed by atoms with Crippen molar-refractivity contribution in [3.63, 3.8) is 0 Å². The molecule has 1 amide bonds. The molecule has 0 spiro atoms. The van der Waals surface area contributed by atoms with Crippen molar-refractivity contribution in [1.29, 1.82) is 0 Å². The zero-order valence-corrected chi connectivity index (χ0v) is 16.5. The number of hydrogen-bond acceptors (Lipinski definition) is 4. The quantitative estimate of drug-likeness (QED) is 0.553. The van der Waals surface area contributed by atoms with Gasteiger partial charge in [-0.15, -0.1) is 0 Å². The van der Waals surface area contributed by atoms with Gasteiger partial charge in [-0.3, -0.25) is 14.5 Å². The van der Waals surface area contributed by atoms with Crippen LogP contribution in [0.15, 0.2) is 71.9 Å². The monoisotopic (exact) mass is 453 g/mol. The fourth-order valence-corrected chi connectivity index (χ4v) is 3.72. The molecule has 0 bridgehead atoms. The molecule has 0 aliphatic heterocycles. The summed E-state index contributed by atoms with van der Waals surface area (Å²) in [7, 11) is -3.91. The van der Waals surface area contributed by atoms with Crippen molar-refractivity contribution in [1.82, 2.24) is 10.3 Å². The fourth-order valence-electron chi connectivity index (χ4n) is 2.66. The van der Waals surface area contributed by atoms with E-state index in [2.05, 4.69) is 15.0 Å². The minimum Gasteiger partial charge on any atom is -0.348 e. The number of carbonyl (C=O) groups is 1. The summed E-state index contributed by atoms with van der Waals surface area (Å²) < 4.78 is 79.4. The van der Waals surface area contributed by atoms with E-state index in [4.69, 9.17) is 0 Å². The van der Waals surface area contributed by atoms with Crippen molar-refractivity contribution in [3.05, 3.63) is 89.5 Å². The van der Waals surface area contributed by atoms with Gasteiger partial charge in [0.25, 0.3) is 15.9 Å². The van der Waals surface area contributed by atoms with Gasteiger partial charge < -0.3 is 5.32 Å². The number of amides is 1. The highest BCUT2D eigenvalue weighted by Crippen LogP contribution is 2.32. The van der Waals surface area contributed by atoms with E-state index in [9.17, 15) is 30.8 Å². The lowest BCUT2D eigenvalue weighted by Gasteiger charge is -2.14. The standard InChI is InChI=1S/C20H15F4N3O3S/c21-15-4-1-14(18(11-15)20(22,23)24)12-26-19(28)13-2-5-17(6-3-13)31(29,30)27-16-7-9-25-10-8-16/h1-11H,12H2,(H,25,27)(H,26,28). The molecule has 3 aromatic rings. The van der Waals surface area contributed by atoms with E-state index >= 15 is 0 Å². The Bertz CT molecular complexity index is 1180. The average molecular weight is 453 g/mol. The smallest absolute Gasteiger partial charge is 0.348 e. The van der Waals surface area contributed by atoms with Gasteiger partial charge in [-0.1, -0.05) is 6.07 Å². The van der Waals surface area contributed by atoms with Crippen LogP contribution in [0, 0.1) is 5.82 Å². The molecular weight excluding hydrogens is 438 g/mol. The maximum atomic E-state index is 13.2. The Morgan fingerprint density at radius 3 is 2.23 bits per heavy atom. The van der Waals surface area contributed by atoms with Crippen molar-refractivity contribution >= 4 is 21.6 Å². The van der Waals surface area contributed by atoms with Crippen molar-refractivity contribution in [2.24, 2.45) is 0 Å². The number of nitrogens with one attached hydrogen (secondary N) is 2. The van der Waals surface area contributed by atoms with Crippen LogP contribution in [0.4, 0.5) is 23.2 Å². The predicted octanol–water partition coefficient (Wildman–Crippen LogP) is 3.97. The summed E-state index contributed by atoms with van der Waals surface area (Å²) in [5, 5.41) is 2.31. The molecule has 2 aromatic carbocycles. The van der Waals surface area contributed by atoms with Crippen molar-refractivity contribution in [2.75, 3.05) is 4.72 Å². The second-order valence-corrected chi connectivity index (χ2v) is 8.03. The third-order valence-electron chi connectivity index (χ3n) is 4.18. The minimum absolute atomic E-state index is 0.0403. The molecule has 0 radical (unpaired) electrons. The maximum Gasteiger partial charge on any atom is 0.416 e. The van der Waals surface area contributed by atoms with E-state index in [1.54, 1.807) is 0 Å². The normalized spacial score (nSPS) is 11.7. The first-order valence-electron chi connectivity index (χ1n) is 8.73. The average Bonchev–Trinajstić information content (AvgIpc) is 2.72. The number of aromatic nitrogens is 1. The van der Waals surface area contributed by atoms with Crippen LogP contribution in [-0.4, -0.2) is 19.3 Å². The number of pyridine rings is 1. The third-order valence-corrected chi connectivity index (χ3v) is 5.57. The summed E-state index contributed by atoms with van der Waals surface area (Å²) in [4.78, 5) is 15.9. The van der Waals surface area contributed by atoms with Gasteiger partial charge in [-0.25, -0.2) is 12.8 Å². The van der Waals surface area contributed by atoms with Gasteiger partial charge in [-0.2, -0.15) is 13.2 Å². The largest absolute Gasteiger partial charge is 0.416 e. The van der Waals surface area contributed by atoms with Crippen LogP contribution < -0.4 is 10.0 Å². The van der Waals surface area contributed by atoms with E-state index in [0.717, 1.165) is 12.1 Å². The molecule has 0 unspecified atom stereocenters. The zero-order chi connectivity index (χ0) is 22.6. The van der Waals surface area contributed by atoms with Crippen LogP contribution >= 0.6 is 0 Å². The van der Waals surface area contributed by atoms with Crippen molar-refractivity contribution in [3.8, 4) is 0 Å². The van der Waals surface area contributed by atoms with Crippen molar-refractivity contribution < 1.29 is 30.8 Å². The predicted molar refractivity (Wildman–Crippen MR) is 104 cm³/mol. The number of benzene rings is 2. The Morgan fingerprint density at radius 1 is 0.968 bits per heavy atom. The molecule has 0 aliphatic carbocycles. The first kappa shape index (κ1) is 22.2. The van der Waals surface area contributed by atoms with E-state index in [0.29, 0.717) is 11.8 Å². The van der Waals surface area contributed by atoms with Crippen LogP contribution in [0.1, 0.15) is 21.5 Å². The third kappa shape index (κ3) is 5.57. The molecule has 11 heteroatoms. The molecule has 6 nitrogen and oxygen atoms in total. The molecule has 162 valence electrons. The first-order valence-corrected chi connectivity index (χ1v) is 10.2. The van der Waals surface area contributed by atoms with E-state index < -0.39 is 40.0 Å². The molecule has 0 fully saturated rings. The highest BCUT2D eigenvalue weighted by molar-refractivity contribution is 7.92. The second-order valence-electron chi connectivity index (χ2n) is 6.35. The molecule has 2 N–H and O–H groups in total. The van der Waals surface area contributed by atoms with Gasteiger partial charge in [-0.05, 0) is 54.1 Å². The molecule has 1 aromatic heterocycles. The Kier molecular flexibility index (Phi) is 6.25. The number of anilines is 1. The lowest BCUT2D eigenvalue weighted by Crippen LogP contribution is -2.24. The molecular formula is C20H15F4N3O3S. The summed E-state index contributed by atoms with van der Waals surface area (Å²) in [5.41, 5.74) is -1.14. The topological polar surface area (TPSA) is 88.2 Å². The number of sulfonamides is 1. The van der Waals surface area contributed by atoms with Crippen LogP contribution in [-0.2, 0) is 22.7 Å². The Balaban J connectivity index is 1.70. The molecule has 0 saturated carbocycles. The number of rotatable bonds is 6. The number of nitrogens with zero attached hydrogens (tertiary/aromatic N) is 1. The number of hydrogen-bond donors (Lipinski definition) is 2. The van der Waals surface area contributed by atoms with Gasteiger partial charge in [0.1, 0.15) is 5.82 Å². The first-order chi connectivity index (χ1) is 14.6. The number of carbonyl (C=O) groups excluding carboxylic acids is 1. The minimum atomic E-state index is -4.78. The van der Waals surface area contributed by atoms with Crippen LogP contribution in [0.25, 0.3) is 0 Å². The highest BCUT2D eigenvalue weighted by atomic mass is 32.2. The summed E-state index contributed by atoms with van der Waals surface area (Å²) in [6.07, 6.45) is -1.95.